The van der Waals surface area contributed by atoms with E-state index >= 15 is 0 Å². The van der Waals surface area contributed by atoms with Gasteiger partial charge in [-0.1, -0.05) is 54.1 Å². The molecule has 19 heavy (non-hydrogen) atoms. The van der Waals surface area contributed by atoms with Crippen molar-refractivity contribution in [2.75, 3.05) is 0 Å². The number of aryl methyl sites for hydroxylation is 3. The van der Waals surface area contributed by atoms with E-state index in [2.05, 4.69) is 32.9 Å². The summed E-state index contributed by atoms with van der Waals surface area (Å²) in [5, 5.41) is 0. The van der Waals surface area contributed by atoms with Gasteiger partial charge in [-0.25, -0.2) is 0 Å². The smallest absolute Gasteiger partial charge is 0.185 e. The molecule has 0 saturated carbocycles. The van der Waals surface area contributed by atoms with Gasteiger partial charge in [0.15, 0.2) is 5.78 Å². The second-order valence-electron chi connectivity index (χ2n) is 4.88. The van der Waals surface area contributed by atoms with Gasteiger partial charge < -0.3 is 0 Å². The molecule has 0 saturated heterocycles. The molecular weight excluding hydrogens is 232 g/mol. The van der Waals surface area contributed by atoms with Crippen LogP contribution in [-0.2, 0) is 0 Å². The number of hydrogen-bond donors (Lipinski definition) is 0. The number of carbonyl (C=O) groups excluding carboxylic acids is 1. The second kappa shape index (κ2) is 5.66. The molecule has 0 fully saturated rings. The minimum absolute atomic E-state index is 0.0416. The van der Waals surface area contributed by atoms with Gasteiger partial charge in [0, 0.05) is 5.56 Å². The van der Waals surface area contributed by atoms with Crippen LogP contribution in [0.15, 0.2) is 48.5 Å². The lowest BCUT2D eigenvalue weighted by atomic mass is 9.99. The standard InChI is InChI=1S/C18H18O/c1-13-11-14(2)17(15(3)12-13)9-10-18(19)16-7-5-4-6-8-16/h4-12H,1-3H3/b10-9-. The highest BCUT2D eigenvalue weighted by atomic mass is 16.1. The molecule has 2 aromatic rings. The summed E-state index contributed by atoms with van der Waals surface area (Å²) in [5.74, 6) is 0.0416. The molecule has 0 aliphatic heterocycles. The van der Waals surface area contributed by atoms with E-state index in [0.29, 0.717) is 0 Å². The summed E-state index contributed by atoms with van der Waals surface area (Å²) in [4.78, 5) is 12.0. The molecule has 1 nitrogen and oxygen atoms in total. The predicted molar refractivity (Wildman–Crippen MR) is 80.5 cm³/mol. The normalized spacial score (nSPS) is 10.9. The molecule has 1 heteroatoms. The highest BCUT2D eigenvalue weighted by molar-refractivity contribution is 6.06. The van der Waals surface area contributed by atoms with E-state index in [1.807, 2.05) is 36.4 Å². The Morgan fingerprint density at radius 3 is 2.11 bits per heavy atom. The van der Waals surface area contributed by atoms with Crippen molar-refractivity contribution in [3.8, 4) is 0 Å². The first-order chi connectivity index (χ1) is 9.08. The fourth-order valence-electron chi connectivity index (χ4n) is 2.31. The van der Waals surface area contributed by atoms with Crippen molar-refractivity contribution in [2.45, 2.75) is 20.8 Å². The van der Waals surface area contributed by atoms with Crippen LogP contribution in [0.4, 0.5) is 0 Å². The Morgan fingerprint density at radius 2 is 1.53 bits per heavy atom. The second-order valence-corrected chi connectivity index (χ2v) is 4.88. The minimum atomic E-state index is 0.0416. The van der Waals surface area contributed by atoms with Gasteiger partial charge in [0.25, 0.3) is 0 Å². The number of allylic oxidation sites excluding steroid dienone is 1. The summed E-state index contributed by atoms with van der Waals surface area (Å²) < 4.78 is 0. The maximum atomic E-state index is 12.0. The third-order valence-corrected chi connectivity index (χ3v) is 3.20. The SMILES string of the molecule is Cc1cc(C)c(/C=C\C(=O)c2ccccc2)c(C)c1. The van der Waals surface area contributed by atoms with Gasteiger partial charge in [-0.15, -0.1) is 0 Å². The first-order valence-electron chi connectivity index (χ1n) is 6.43. The van der Waals surface area contributed by atoms with Crippen molar-refractivity contribution >= 4 is 11.9 Å². The summed E-state index contributed by atoms with van der Waals surface area (Å²) in [6, 6.07) is 13.6. The summed E-state index contributed by atoms with van der Waals surface area (Å²) in [6.07, 6.45) is 3.57. The molecule has 0 unspecified atom stereocenters. The molecule has 0 aliphatic rings. The average Bonchev–Trinajstić information content (AvgIpc) is 2.38. The van der Waals surface area contributed by atoms with Crippen LogP contribution in [0, 0.1) is 20.8 Å². The molecule has 0 radical (unpaired) electrons. The van der Waals surface area contributed by atoms with Crippen molar-refractivity contribution < 1.29 is 4.79 Å². The molecule has 0 amide bonds. The average molecular weight is 250 g/mol. The van der Waals surface area contributed by atoms with Gasteiger partial charge in [0.05, 0.1) is 0 Å². The van der Waals surface area contributed by atoms with Crippen molar-refractivity contribution in [3.63, 3.8) is 0 Å². The Labute approximate surface area is 114 Å². The number of rotatable bonds is 3. The Balaban J connectivity index is 2.27. The van der Waals surface area contributed by atoms with E-state index < -0.39 is 0 Å². The zero-order chi connectivity index (χ0) is 13.8. The Morgan fingerprint density at radius 1 is 0.947 bits per heavy atom. The Hall–Kier alpha value is -2.15. The van der Waals surface area contributed by atoms with Crippen LogP contribution in [0.25, 0.3) is 6.08 Å². The maximum Gasteiger partial charge on any atom is 0.185 e. The monoisotopic (exact) mass is 250 g/mol. The summed E-state index contributed by atoms with van der Waals surface area (Å²) in [5.41, 5.74) is 5.52. The topological polar surface area (TPSA) is 17.1 Å². The van der Waals surface area contributed by atoms with E-state index in [1.54, 1.807) is 6.08 Å². The molecule has 0 N–H and O–H groups in total. The van der Waals surface area contributed by atoms with E-state index in [1.165, 1.54) is 16.7 Å². The van der Waals surface area contributed by atoms with Gasteiger partial charge in [-0.05, 0) is 43.5 Å². The predicted octanol–water partition coefficient (Wildman–Crippen LogP) is 4.51. The van der Waals surface area contributed by atoms with Crippen LogP contribution in [0.1, 0.15) is 32.6 Å². The Bertz CT molecular complexity index is 598. The molecule has 96 valence electrons. The van der Waals surface area contributed by atoms with Crippen LogP contribution < -0.4 is 0 Å². The van der Waals surface area contributed by atoms with E-state index in [4.69, 9.17) is 0 Å². The molecule has 0 spiro atoms. The Kier molecular flexibility index (Phi) is 3.96. The number of carbonyl (C=O) groups is 1. The van der Waals surface area contributed by atoms with Gasteiger partial charge in [0.1, 0.15) is 0 Å². The highest BCUT2D eigenvalue weighted by Crippen LogP contribution is 2.18. The third-order valence-electron chi connectivity index (χ3n) is 3.20. The lowest BCUT2D eigenvalue weighted by Gasteiger charge is -2.06. The fourth-order valence-corrected chi connectivity index (χ4v) is 2.31. The first kappa shape index (κ1) is 13.3. The fraction of sp³-hybridized carbons (Fsp3) is 0.167. The third kappa shape index (κ3) is 3.19. The molecular formula is C18H18O. The summed E-state index contributed by atoms with van der Waals surface area (Å²) >= 11 is 0. The van der Waals surface area contributed by atoms with Crippen LogP contribution in [0.2, 0.25) is 0 Å². The van der Waals surface area contributed by atoms with Crippen LogP contribution in [0.5, 0.6) is 0 Å². The van der Waals surface area contributed by atoms with E-state index in [9.17, 15) is 4.79 Å². The lowest BCUT2D eigenvalue weighted by molar-refractivity contribution is 0.104. The number of ketones is 1. The minimum Gasteiger partial charge on any atom is -0.289 e. The number of hydrogen-bond acceptors (Lipinski definition) is 1. The molecule has 2 aromatic carbocycles. The van der Waals surface area contributed by atoms with Crippen LogP contribution >= 0.6 is 0 Å². The summed E-state index contributed by atoms with van der Waals surface area (Å²) in [6.45, 7) is 6.24. The molecule has 0 aromatic heterocycles. The zero-order valence-corrected chi connectivity index (χ0v) is 11.6. The summed E-state index contributed by atoms with van der Waals surface area (Å²) in [7, 11) is 0. The number of benzene rings is 2. The zero-order valence-electron chi connectivity index (χ0n) is 11.6. The van der Waals surface area contributed by atoms with Crippen molar-refractivity contribution in [2.24, 2.45) is 0 Å². The lowest BCUT2D eigenvalue weighted by Crippen LogP contribution is -1.94. The maximum absolute atomic E-state index is 12.0. The quantitative estimate of drug-likeness (QED) is 0.578. The van der Waals surface area contributed by atoms with Gasteiger partial charge in [-0.2, -0.15) is 0 Å². The van der Waals surface area contributed by atoms with E-state index in [0.717, 1.165) is 11.1 Å². The van der Waals surface area contributed by atoms with Crippen molar-refractivity contribution in [1.82, 2.24) is 0 Å². The van der Waals surface area contributed by atoms with Crippen molar-refractivity contribution in [1.29, 1.82) is 0 Å². The van der Waals surface area contributed by atoms with Gasteiger partial charge >= 0.3 is 0 Å². The van der Waals surface area contributed by atoms with E-state index in [-0.39, 0.29) is 5.78 Å². The largest absolute Gasteiger partial charge is 0.289 e. The molecule has 0 heterocycles. The van der Waals surface area contributed by atoms with Gasteiger partial charge in [-0.3, -0.25) is 4.79 Å². The van der Waals surface area contributed by atoms with Crippen LogP contribution in [-0.4, -0.2) is 5.78 Å². The first-order valence-corrected chi connectivity index (χ1v) is 6.43. The molecule has 0 atom stereocenters. The van der Waals surface area contributed by atoms with Gasteiger partial charge in [0.2, 0.25) is 0 Å². The molecule has 0 aliphatic carbocycles. The molecule has 2 rings (SSSR count). The highest BCUT2D eigenvalue weighted by Gasteiger charge is 2.03. The van der Waals surface area contributed by atoms with Crippen molar-refractivity contribution in [3.05, 3.63) is 76.4 Å². The molecule has 0 bridgehead atoms. The van der Waals surface area contributed by atoms with Crippen LogP contribution in [0.3, 0.4) is 0 Å².